The zero-order chi connectivity index (χ0) is 18.5. The molecular weight excluding hydrogens is 376 g/mol. The highest BCUT2D eigenvalue weighted by atomic mass is 35.5. The zero-order valence-corrected chi connectivity index (χ0v) is 16.1. The molecule has 4 aromatic rings. The summed E-state index contributed by atoms with van der Waals surface area (Å²) in [6, 6.07) is 23.8. The minimum Gasteiger partial charge on any atom is -0.270 e. The molecule has 27 heavy (non-hydrogen) atoms. The van der Waals surface area contributed by atoms with Gasteiger partial charge in [0.1, 0.15) is 0 Å². The molecule has 0 aliphatic rings. The smallest absolute Gasteiger partial charge is 0.196 e. The molecule has 4 nitrogen and oxygen atoms in total. The van der Waals surface area contributed by atoms with Crippen molar-refractivity contribution in [3.63, 3.8) is 0 Å². The summed E-state index contributed by atoms with van der Waals surface area (Å²) in [6.07, 6.45) is 2.70. The van der Waals surface area contributed by atoms with Crippen LogP contribution in [-0.4, -0.2) is 25.5 Å². The lowest BCUT2D eigenvalue weighted by molar-refractivity contribution is 0.884. The minimum atomic E-state index is 0.703. The van der Waals surface area contributed by atoms with Gasteiger partial charge in [0.2, 0.25) is 0 Å². The van der Waals surface area contributed by atoms with Crippen molar-refractivity contribution < 1.29 is 0 Å². The van der Waals surface area contributed by atoms with Crippen LogP contribution in [0.4, 0.5) is 0 Å². The van der Waals surface area contributed by atoms with E-state index in [0.29, 0.717) is 5.02 Å². The van der Waals surface area contributed by atoms with Crippen molar-refractivity contribution in [1.29, 1.82) is 0 Å². The van der Waals surface area contributed by atoms with Gasteiger partial charge in [0.05, 0.1) is 0 Å². The number of nitrogens with zero attached hydrogens (tertiary/aromatic N) is 4. The molecule has 0 saturated carbocycles. The highest BCUT2D eigenvalue weighted by Crippen LogP contribution is 2.28. The predicted octanol–water partition coefficient (Wildman–Crippen LogP) is 5.32. The summed E-state index contributed by atoms with van der Waals surface area (Å²) in [5.74, 6) is 1.68. The lowest BCUT2D eigenvalue weighted by Crippen LogP contribution is -2.00. The van der Waals surface area contributed by atoms with Crippen LogP contribution in [0.3, 0.4) is 0 Å². The number of pyridine rings is 1. The molecule has 0 N–H and O–H groups in total. The van der Waals surface area contributed by atoms with Crippen LogP contribution < -0.4 is 0 Å². The lowest BCUT2D eigenvalue weighted by Gasteiger charge is -2.10. The molecule has 0 saturated heterocycles. The van der Waals surface area contributed by atoms with Crippen molar-refractivity contribution in [1.82, 2.24) is 19.7 Å². The summed E-state index contributed by atoms with van der Waals surface area (Å²) >= 11 is 7.71. The highest BCUT2D eigenvalue weighted by Gasteiger charge is 2.16. The first-order chi connectivity index (χ1) is 13.3. The molecule has 0 atom stereocenters. The first-order valence-corrected chi connectivity index (χ1v) is 9.97. The number of benzene rings is 2. The van der Waals surface area contributed by atoms with Crippen LogP contribution in [0.1, 0.15) is 5.69 Å². The fourth-order valence-electron chi connectivity index (χ4n) is 2.75. The number of rotatable bonds is 6. The molecule has 0 aliphatic carbocycles. The molecule has 0 unspecified atom stereocenters. The minimum absolute atomic E-state index is 0.703. The molecule has 4 rings (SSSR count). The van der Waals surface area contributed by atoms with Gasteiger partial charge in [-0.3, -0.25) is 9.55 Å². The molecule has 6 heteroatoms. The van der Waals surface area contributed by atoms with Crippen LogP contribution in [0.15, 0.2) is 84.1 Å². The number of thioether (sulfide) groups is 1. The second kappa shape index (κ2) is 8.37. The summed E-state index contributed by atoms with van der Waals surface area (Å²) in [6.45, 7) is 0. The SMILES string of the molecule is Clc1ccc(-c2nnc(SCCc3ccccn3)n2-c2ccccc2)cc1. The Morgan fingerprint density at radius 1 is 0.852 bits per heavy atom. The number of halogens is 1. The average molecular weight is 393 g/mol. The third kappa shape index (κ3) is 4.21. The molecule has 134 valence electrons. The first kappa shape index (κ1) is 17.8. The Kier molecular flexibility index (Phi) is 5.51. The topological polar surface area (TPSA) is 43.6 Å². The van der Waals surface area contributed by atoms with Crippen molar-refractivity contribution in [2.75, 3.05) is 5.75 Å². The summed E-state index contributed by atoms with van der Waals surface area (Å²) in [4.78, 5) is 4.38. The predicted molar refractivity (Wildman–Crippen MR) is 110 cm³/mol. The number of hydrogen-bond acceptors (Lipinski definition) is 4. The van der Waals surface area contributed by atoms with Crippen LogP contribution >= 0.6 is 23.4 Å². The average Bonchev–Trinajstić information content (AvgIpc) is 3.14. The van der Waals surface area contributed by atoms with Crippen LogP contribution in [0.2, 0.25) is 5.02 Å². The van der Waals surface area contributed by atoms with Gasteiger partial charge >= 0.3 is 0 Å². The third-order valence-corrected chi connectivity index (χ3v) is 5.25. The van der Waals surface area contributed by atoms with Gasteiger partial charge in [-0.1, -0.05) is 47.6 Å². The highest BCUT2D eigenvalue weighted by molar-refractivity contribution is 7.99. The quantitative estimate of drug-likeness (QED) is 0.416. The standard InChI is InChI=1S/C21H17ClN4S/c22-17-11-9-16(10-12-17)20-24-25-21(26(20)19-7-2-1-3-8-19)27-15-13-18-6-4-5-14-23-18/h1-12,14H,13,15H2. The largest absolute Gasteiger partial charge is 0.270 e. The molecule has 0 aliphatic heterocycles. The van der Waals surface area contributed by atoms with Crippen LogP contribution in [0.5, 0.6) is 0 Å². The number of hydrogen-bond donors (Lipinski definition) is 0. The molecule has 0 spiro atoms. The summed E-state index contributed by atoms with van der Waals surface area (Å²) < 4.78 is 2.09. The van der Waals surface area contributed by atoms with Gasteiger partial charge in [0, 0.05) is 33.9 Å². The molecule has 2 heterocycles. The Morgan fingerprint density at radius 3 is 2.37 bits per heavy atom. The first-order valence-electron chi connectivity index (χ1n) is 8.61. The Hall–Kier alpha value is -2.63. The van der Waals surface area contributed by atoms with Gasteiger partial charge in [0.15, 0.2) is 11.0 Å². The van der Waals surface area contributed by atoms with E-state index in [1.807, 2.05) is 66.9 Å². The normalized spacial score (nSPS) is 10.9. The number of aromatic nitrogens is 4. The van der Waals surface area contributed by atoms with Gasteiger partial charge < -0.3 is 0 Å². The van der Waals surface area contributed by atoms with E-state index in [-0.39, 0.29) is 0 Å². The maximum absolute atomic E-state index is 6.04. The Labute approximate surface area is 167 Å². The monoisotopic (exact) mass is 392 g/mol. The molecule has 2 aromatic heterocycles. The van der Waals surface area contributed by atoms with E-state index in [4.69, 9.17) is 11.6 Å². The third-order valence-electron chi connectivity index (χ3n) is 4.07. The van der Waals surface area contributed by atoms with E-state index in [9.17, 15) is 0 Å². The van der Waals surface area contributed by atoms with Crippen molar-refractivity contribution in [3.05, 3.63) is 89.7 Å². The molecular formula is C21H17ClN4S. The van der Waals surface area contributed by atoms with Gasteiger partial charge in [-0.15, -0.1) is 10.2 Å². The van der Waals surface area contributed by atoms with E-state index in [1.54, 1.807) is 11.8 Å². The maximum Gasteiger partial charge on any atom is 0.196 e. The molecule has 0 amide bonds. The zero-order valence-electron chi connectivity index (χ0n) is 14.5. The van der Waals surface area contributed by atoms with E-state index in [2.05, 4.69) is 31.9 Å². The lowest BCUT2D eigenvalue weighted by atomic mass is 10.2. The fourth-order valence-corrected chi connectivity index (χ4v) is 3.79. The number of aryl methyl sites for hydroxylation is 1. The van der Waals surface area contributed by atoms with Crippen LogP contribution in [0.25, 0.3) is 17.1 Å². The van der Waals surface area contributed by atoms with Crippen molar-refractivity contribution >= 4 is 23.4 Å². The van der Waals surface area contributed by atoms with Gasteiger partial charge in [-0.25, -0.2) is 0 Å². The van der Waals surface area contributed by atoms with E-state index in [0.717, 1.165) is 40.1 Å². The molecule has 0 fully saturated rings. The van der Waals surface area contributed by atoms with E-state index >= 15 is 0 Å². The van der Waals surface area contributed by atoms with Crippen molar-refractivity contribution in [2.24, 2.45) is 0 Å². The fraction of sp³-hybridized carbons (Fsp3) is 0.0952. The summed E-state index contributed by atoms with van der Waals surface area (Å²) in [7, 11) is 0. The summed E-state index contributed by atoms with van der Waals surface area (Å²) in [5.41, 5.74) is 3.09. The Balaban J connectivity index is 1.64. The van der Waals surface area contributed by atoms with E-state index in [1.165, 1.54) is 0 Å². The van der Waals surface area contributed by atoms with Gasteiger partial charge in [-0.2, -0.15) is 0 Å². The Bertz CT molecular complexity index is 1000. The van der Waals surface area contributed by atoms with Crippen LogP contribution in [-0.2, 0) is 6.42 Å². The maximum atomic E-state index is 6.04. The molecule has 0 bridgehead atoms. The number of para-hydroxylation sites is 1. The van der Waals surface area contributed by atoms with Crippen molar-refractivity contribution in [3.8, 4) is 17.1 Å². The van der Waals surface area contributed by atoms with Crippen LogP contribution in [0, 0.1) is 0 Å². The molecule has 2 aromatic carbocycles. The van der Waals surface area contributed by atoms with Crippen molar-refractivity contribution in [2.45, 2.75) is 11.6 Å². The second-order valence-electron chi connectivity index (χ2n) is 5.90. The van der Waals surface area contributed by atoms with E-state index < -0.39 is 0 Å². The second-order valence-corrected chi connectivity index (χ2v) is 7.40. The summed E-state index contributed by atoms with van der Waals surface area (Å²) in [5, 5.41) is 10.5. The molecule has 0 radical (unpaired) electrons. The Morgan fingerprint density at radius 2 is 1.63 bits per heavy atom. The van der Waals surface area contributed by atoms with Gasteiger partial charge in [0.25, 0.3) is 0 Å². The van der Waals surface area contributed by atoms with Gasteiger partial charge in [-0.05, 0) is 55.0 Å².